The maximum absolute atomic E-state index is 5.18. The summed E-state index contributed by atoms with van der Waals surface area (Å²) < 4.78 is 5.18. The van der Waals surface area contributed by atoms with Gasteiger partial charge in [-0.25, -0.2) is 0 Å². The Bertz CT molecular complexity index is 165. The fourth-order valence-corrected chi connectivity index (χ4v) is 1.89. The molecular weight excluding hydrogens is 146 g/mol. The van der Waals surface area contributed by atoms with Crippen LogP contribution < -0.4 is 0 Å². The normalized spacial score (nSPS) is 27.5. The van der Waals surface area contributed by atoms with Crippen LogP contribution in [-0.2, 0) is 4.74 Å². The zero-order valence-corrected chi connectivity index (χ0v) is 6.68. The van der Waals surface area contributed by atoms with Crippen molar-refractivity contribution >= 4 is 12.6 Å². The van der Waals surface area contributed by atoms with Gasteiger partial charge in [0.1, 0.15) is 0 Å². The van der Waals surface area contributed by atoms with Gasteiger partial charge in [-0.05, 0) is 12.6 Å². The lowest BCUT2D eigenvalue weighted by Crippen LogP contribution is -2.57. The van der Waals surface area contributed by atoms with Gasteiger partial charge in [-0.15, -0.1) is 0 Å². The van der Waals surface area contributed by atoms with Crippen molar-refractivity contribution in [2.24, 2.45) is 0 Å². The zero-order chi connectivity index (χ0) is 7.03. The van der Waals surface area contributed by atoms with Crippen molar-refractivity contribution in [1.29, 1.82) is 0 Å². The minimum atomic E-state index is 0.307. The molecule has 0 atom stereocenters. The summed E-state index contributed by atoms with van der Waals surface area (Å²) in [6, 6.07) is 0. The molecule has 56 valence electrons. The van der Waals surface area contributed by atoms with E-state index in [1.807, 2.05) is 0 Å². The molecule has 0 saturated carbocycles. The molecule has 0 N–H and O–H groups in total. The first kappa shape index (κ1) is 6.55. The average molecular weight is 157 g/mol. The zero-order valence-electron chi connectivity index (χ0n) is 5.79. The lowest BCUT2D eigenvalue weighted by atomic mass is 9.95. The van der Waals surface area contributed by atoms with Crippen molar-refractivity contribution in [2.75, 3.05) is 19.1 Å². The minimum Gasteiger partial charge on any atom is -0.376 e. The number of ether oxygens (including phenoxy) is 1. The van der Waals surface area contributed by atoms with Crippen molar-refractivity contribution in [3.8, 4) is 0 Å². The summed E-state index contributed by atoms with van der Waals surface area (Å²) in [5.74, 6) is 0.805. The van der Waals surface area contributed by atoms with Crippen LogP contribution in [-0.4, -0.2) is 29.5 Å². The van der Waals surface area contributed by atoms with Gasteiger partial charge < -0.3 is 9.64 Å². The first-order chi connectivity index (χ1) is 4.87. The Morgan fingerprint density at radius 3 is 2.80 bits per heavy atom. The van der Waals surface area contributed by atoms with E-state index < -0.39 is 0 Å². The second kappa shape index (κ2) is 2.17. The molecule has 2 heterocycles. The lowest BCUT2D eigenvalue weighted by molar-refractivity contribution is -0.110. The molecule has 0 aliphatic carbocycles. The van der Waals surface area contributed by atoms with Crippen LogP contribution in [0.1, 0.15) is 6.42 Å². The molecule has 10 heavy (non-hydrogen) atoms. The number of thiol groups is 1. The van der Waals surface area contributed by atoms with Crippen molar-refractivity contribution in [3.05, 3.63) is 12.3 Å². The van der Waals surface area contributed by atoms with E-state index in [1.54, 1.807) is 0 Å². The fourth-order valence-electron chi connectivity index (χ4n) is 1.49. The monoisotopic (exact) mass is 157 g/mol. The van der Waals surface area contributed by atoms with Crippen LogP contribution in [0.15, 0.2) is 12.3 Å². The fraction of sp³-hybridized carbons (Fsp3) is 0.714. The van der Waals surface area contributed by atoms with E-state index in [-0.39, 0.29) is 0 Å². The smallest absolute Gasteiger partial charge is 0.0905 e. The summed E-state index contributed by atoms with van der Waals surface area (Å²) in [5, 5.41) is 0. The van der Waals surface area contributed by atoms with Crippen molar-refractivity contribution < 1.29 is 4.74 Å². The highest BCUT2D eigenvalue weighted by Crippen LogP contribution is 2.33. The molecule has 0 radical (unpaired) electrons. The molecule has 0 aromatic heterocycles. The third-order valence-corrected chi connectivity index (χ3v) is 2.59. The predicted octanol–water partition coefficient (Wildman–Crippen LogP) is 0.862. The van der Waals surface area contributed by atoms with Crippen LogP contribution in [0.4, 0.5) is 0 Å². The molecule has 1 spiro atoms. The standard InChI is InChI=1S/C7H11NOS/c10-6-8-3-1-2-7(8)4-9-5-7/h1,3,10H,2,4-6H2. The molecule has 0 aromatic rings. The topological polar surface area (TPSA) is 12.5 Å². The van der Waals surface area contributed by atoms with E-state index >= 15 is 0 Å². The van der Waals surface area contributed by atoms with Crippen LogP contribution >= 0.6 is 12.6 Å². The molecule has 0 bridgehead atoms. The van der Waals surface area contributed by atoms with E-state index in [9.17, 15) is 0 Å². The number of nitrogens with zero attached hydrogens (tertiary/aromatic N) is 1. The van der Waals surface area contributed by atoms with Gasteiger partial charge in [0.15, 0.2) is 0 Å². The Kier molecular flexibility index (Phi) is 1.42. The van der Waals surface area contributed by atoms with Gasteiger partial charge >= 0.3 is 0 Å². The van der Waals surface area contributed by atoms with Gasteiger partial charge in [0.25, 0.3) is 0 Å². The van der Waals surface area contributed by atoms with Gasteiger partial charge in [0.05, 0.1) is 24.6 Å². The predicted molar refractivity (Wildman–Crippen MR) is 43.0 cm³/mol. The van der Waals surface area contributed by atoms with E-state index in [1.165, 1.54) is 0 Å². The second-order valence-corrected chi connectivity index (χ2v) is 3.20. The Labute approximate surface area is 66.3 Å². The Morgan fingerprint density at radius 1 is 1.60 bits per heavy atom. The maximum atomic E-state index is 5.18. The molecule has 3 heteroatoms. The Balaban J connectivity index is 2.09. The summed E-state index contributed by atoms with van der Waals surface area (Å²) in [6.07, 6.45) is 5.45. The third-order valence-electron chi connectivity index (χ3n) is 2.29. The summed E-state index contributed by atoms with van der Waals surface area (Å²) in [6.45, 7) is 1.75. The van der Waals surface area contributed by atoms with E-state index in [0.29, 0.717) is 5.54 Å². The highest BCUT2D eigenvalue weighted by atomic mass is 32.1. The van der Waals surface area contributed by atoms with Crippen molar-refractivity contribution in [3.63, 3.8) is 0 Å². The molecule has 2 rings (SSSR count). The molecule has 2 aliphatic rings. The average Bonchev–Trinajstić information content (AvgIpc) is 2.27. The summed E-state index contributed by atoms with van der Waals surface area (Å²) in [7, 11) is 0. The van der Waals surface area contributed by atoms with Gasteiger partial charge in [-0.2, -0.15) is 12.6 Å². The molecule has 0 unspecified atom stereocenters. The van der Waals surface area contributed by atoms with Crippen LogP contribution in [0.3, 0.4) is 0 Å². The number of hydrogen-bond acceptors (Lipinski definition) is 3. The molecule has 0 amide bonds. The van der Waals surface area contributed by atoms with E-state index in [4.69, 9.17) is 4.74 Å². The maximum Gasteiger partial charge on any atom is 0.0905 e. The number of rotatable bonds is 1. The second-order valence-electron chi connectivity index (χ2n) is 2.92. The van der Waals surface area contributed by atoms with Gasteiger partial charge in [0, 0.05) is 0 Å². The first-order valence-corrected chi connectivity index (χ1v) is 4.13. The Morgan fingerprint density at radius 2 is 2.40 bits per heavy atom. The van der Waals surface area contributed by atoms with Crippen LogP contribution in [0.25, 0.3) is 0 Å². The van der Waals surface area contributed by atoms with Gasteiger partial charge in [0.2, 0.25) is 0 Å². The van der Waals surface area contributed by atoms with E-state index in [0.717, 1.165) is 25.5 Å². The van der Waals surface area contributed by atoms with E-state index in [2.05, 4.69) is 29.8 Å². The molecule has 0 aromatic carbocycles. The van der Waals surface area contributed by atoms with Crippen LogP contribution in [0, 0.1) is 0 Å². The highest BCUT2D eigenvalue weighted by Gasteiger charge is 2.43. The SMILES string of the molecule is SCN1C=CCC12COC2. The first-order valence-electron chi connectivity index (χ1n) is 3.49. The van der Waals surface area contributed by atoms with Gasteiger partial charge in [-0.1, -0.05) is 6.08 Å². The largest absolute Gasteiger partial charge is 0.376 e. The lowest BCUT2D eigenvalue weighted by Gasteiger charge is -2.45. The third kappa shape index (κ3) is 0.705. The molecule has 2 nitrogen and oxygen atoms in total. The summed E-state index contributed by atoms with van der Waals surface area (Å²) >= 11 is 4.24. The summed E-state index contributed by atoms with van der Waals surface area (Å²) in [4.78, 5) is 2.25. The van der Waals surface area contributed by atoms with Crippen LogP contribution in [0.5, 0.6) is 0 Å². The molecule has 1 fully saturated rings. The molecular formula is C7H11NOS. The minimum absolute atomic E-state index is 0.307. The van der Waals surface area contributed by atoms with Crippen molar-refractivity contribution in [1.82, 2.24) is 4.90 Å². The molecule has 1 saturated heterocycles. The Hall–Kier alpha value is -0.150. The summed E-state index contributed by atoms with van der Waals surface area (Å²) in [5.41, 5.74) is 0.307. The van der Waals surface area contributed by atoms with Gasteiger partial charge in [-0.3, -0.25) is 0 Å². The molecule has 2 aliphatic heterocycles. The van der Waals surface area contributed by atoms with Crippen LogP contribution in [0.2, 0.25) is 0 Å². The quantitative estimate of drug-likeness (QED) is 0.567. The highest BCUT2D eigenvalue weighted by molar-refractivity contribution is 7.80. The van der Waals surface area contributed by atoms with Crippen molar-refractivity contribution in [2.45, 2.75) is 12.0 Å². The number of hydrogen-bond donors (Lipinski definition) is 1.